The van der Waals surface area contributed by atoms with Gasteiger partial charge in [-0.25, -0.2) is 4.79 Å². The molecule has 3 amide bonds. The van der Waals surface area contributed by atoms with Gasteiger partial charge in [-0.05, 0) is 60.6 Å². The van der Waals surface area contributed by atoms with Crippen molar-refractivity contribution in [2.24, 2.45) is 0 Å². The monoisotopic (exact) mass is 531 g/mol. The molecule has 3 heterocycles. The number of aryl methyl sites for hydroxylation is 1. The van der Waals surface area contributed by atoms with Crippen LogP contribution >= 0.6 is 11.8 Å². The summed E-state index contributed by atoms with van der Waals surface area (Å²) >= 11 is 0.771. The molecule has 0 spiro atoms. The van der Waals surface area contributed by atoms with Crippen LogP contribution in [0.3, 0.4) is 0 Å². The number of benzene rings is 2. The number of furan rings is 1. The molecule has 1 N–H and O–H groups in total. The zero-order chi connectivity index (χ0) is 26.8. The summed E-state index contributed by atoms with van der Waals surface area (Å²) in [6.45, 7) is 3.87. The van der Waals surface area contributed by atoms with Crippen molar-refractivity contribution in [3.8, 4) is 11.3 Å². The summed E-state index contributed by atoms with van der Waals surface area (Å²) in [4.78, 5) is 54.6. The molecule has 1 aromatic heterocycles. The van der Waals surface area contributed by atoms with E-state index in [2.05, 4.69) is 4.90 Å². The van der Waals surface area contributed by atoms with Crippen LogP contribution in [0.2, 0.25) is 0 Å². The van der Waals surface area contributed by atoms with Gasteiger partial charge >= 0.3 is 5.97 Å². The number of carbonyl (C=O) groups excluding carboxylic acids is 3. The SMILES string of the molecule is Cc1cc(C(=O)O)ccc1-c1ccc(C=C2SC(=O)N(CC(=O)N3CCN(c4ccccc4)CC3)C2=O)o1. The lowest BCUT2D eigenvalue weighted by molar-refractivity contribution is -0.136. The Bertz CT molecular complexity index is 1440. The number of amides is 3. The molecule has 38 heavy (non-hydrogen) atoms. The van der Waals surface area contributed by atoms with Crippen molar-refractivity contribution in [2.45, 2.75) is 6.92 Å². The van der Waals surface area contributed by atoms with Gasteiger partial charge in [0.1, 0.15) is 18.1 Å². The molecule has 0 saturated carbocycles. The number of hydrogen-bond acceptors (Lipinski definition) is 7. The molecule has 9 nitrogen and oxygen atoms in total. The highest BCUT2D eigenvalue weighted by Gasteiger charge is 2.37. The van der Waals surface area contributed by atoms with E-state index in [1.165, 1.54) is 12.1 Å². The standard InChI is InChI=1S/C28H25N3O6S/c1-18-15-19(27(34)35)7-9-22(18)23-10-8-21(37-23)16-24-26(33)31(28(36)38-24)17-25(32)30-13-11-29(12-14-30)20-5-3-2-4-6-20/h2-10,15-16H,11-14,17H2,1H3,(H,34,35). The number of carbonyl (C=O) groups is 4. The van der Waals surface area contributed by atoms with Gasteiger partial charge in [-0.2, -0.15) is 0 Å². The van der Waals surface area contributed by atoms with E-state index < -0.39 is 17.1 Å². The van der Waals surface area contributed by atoms with Gasteiger partial charge in [0, 0.05) is 43.5 Å². The van der Waals surface area contributed by atoms with Gasteiger partial charge in [0.05, 0.1) is 10.5 Å². The van der Waals surface area contributed by atoms with Gasteiger partial charge in [-0.3, -0.25) is 19.3 Å². The molecule has 194 valence electrons. The van der Waals surface area contributed by atoms with Gasteiger partial charge in [-0.15, -0.1) is 0 Å². The van der Waals surface area contributed by atoms with Crippen LogP contribution in [0, 0.1) is 6.92 Å². The molecule has 2 aromatic carbocycles. The maximum Gasteiger partial charge on any atom is 0.335 e. The molecule has 3 aromatic rings. The summed E-state index contributed by atoms with van der Waals surface area (Å²) in [7, 11) is 0. The van der Waals surface area contributed by atoms with Crippen molar-refractivity contribution in [3.05, 3.63) is 82.5 Å². The van der Waals surface area contributed by atoms with Crippen molar-refractivity contribution in [2.75, 3.05) is 37.6 Å². The van der Waals surface area contributed by atoms with Crippen LogP contribution in [0.4, 0.5) is 10.5 Å². The van der Waals surface area contributed by atoms with Crippen LogP contribution < -0.4 is 4.90 Å². The van der Waals surface area contributed by atoms with E-state index in [9.17, 15) is 19.2 Å². The topological polar surface area (TPSA) is 111 Å². The van der Waals surface area contributed by atoms with E-state index in [0.29, 0.717) is 37.7 Å². The summed E-state index contributed by atoms with van der Waals surface area (Å²) in [6, 6.07) is 18.1. The fourth-order valence-electron chi connectivity index (χ4n) is 4.50. The molecular weight excluding hydrogens is 506 g/mol. The highest BCUT2D eigenvalue weighted by molar-refractivity contribution is 8.18. The zero-order valence-corrected chi connectivity index (χ0v) is 21.4. The number of hydrogen-bond donors (Lipinski definition) is 1. The van der Waals surface area contributed by atoms with E-state index in [1.54, 1.807) is 36.1 Å². The molecule has 10 heteroatoms. The third kappa shape index (κ3) is 5.21. The maximum atomic E-state index is 12.9. The number of anilines is 1. The summed E-state index contributed by atoms with van der Waals surface area (Å²) in [6.07, 6.45) is 1.48. The predicted molar refractivity (Wildman–Crippen MR) is 144 cm³/mol. The summed E-state index contributed by atoms with van der Waals surface area (Å²) in [5, 5.41) is 8.67. The molecular formula is C28H25N3O6S. The number of aromatic carboxylic acids is 1. The van der Waals surface area contributed by atoms with Crippen LogP contribution in [0.5, 0.6) is 0 Å². The fourth-order valence-corrected chi connectivity index (χ4v) is 5.32. The normalized spacial score (nSPS) is 17.0. The van der Waals surface area contributed by atoms with Crippen molar-refractivity contribution in [1.82, 2.24) is 9.80 Å². The third-order valence-electron chi connectivity index (χ3n) is 6.56. The Morgan fingerprint density at radius 2 is 1.74 bits per heavy atom. The number of para-hydroxylation sites is 1. The smallest absolute Gasteiger partial charge is 0.335 e. The molecule has 2 saturated heterocycles. The first-order valence-electron chi connectivity index (χ1n) is 12.1. The minimum atomic E-state index is -1.01. The van der Waals surface area contributed by atoms with E-state index in [0.717, 1.165) is 33.5 Å². The molecule has 0 atom stereocenters. The van der Waals surface area contributed by atoms with Gasteiger partial charge in [0.25, 0.3) is 11.1 Å². The van der Waals surface area contributed by atoms with Crippen LogP contribution in [0.1, 0.15) is 21.7 Å². The molecule has 2 aliphatic rings. The Balaban J connectivity index is 1.22. The number of imide groups is 1. The van der Waals surface area contributed by atoms with E-state index in [4.69, 9.17) is 9.52 Å². The number of carboxylic acid groups (broad SMARTS) is 1. The first kappa shape index (κ1) is 25.3. The second kappa shape index (κ2) is 10.6. The average molecular weight is 532 g/mol. The average Bonchev–Trinajstić information content (AvgIpc) is 3.49. The predicted octanol–water partition coefficient (Wildman–Crippen LogP) is 4.34. The molecule has 2 aliphatic heterocycles. The highest BCUT2D eigenvalue weighted by Crippen LogP contribution is 2.34. The van der Waals surface area contributed by atoms with Crippen LogP contribution in [0.25, 0.3) is 17.4 Å². The van der Waals surface area contributed by atoms with Crippen molar-refractivity contribution in [1.29, 1.82) is 0 Å². The van der Waals surface area contributed by atoms with Crippen molar-refractivity contribution >= 4 is 46.5 Å². The second-order valence-electron chi connectivity index (χ2n) is 9.01. The summed E-state index contributed by atoms with van der Waals surface area (Å²) in [5.74, 6) is -0.924. The Morgan fingerprint density at radius 1 is 1.00 bits per heavy atom. The number of thioether (sulfide) groups is 1. The number of piperazine rings is 1. The zero-order valence-electron chi connectivity index (χ0n) is 20.6. The van der Waals surface area contributed by atoms with Gasteiger partial charge in [0.2, 0.25) is 5.91 Å². The lowest BCUT2D eigenvalue weighted by atomic mass is 10.0. The Labute approximate surface area is 223 Å². The van der Waals surface area contributed by atoms with E-state index >= 15 is 0 Å². The van der Waals surface area contributed by atoms with Crippen LogP contribution in [0.15, 0.2) is 70.0 Å². The highest BCUT2D eigenvalue weighted by atomic mass is 32.2. The van der Waals surface area contributed by atoms with E-state index in [1.807, 2.05) is 30.3 Å². The Hall–Kier alpha value is -4.31. The molecule has 0 bridgehead atoms. The first-order valence-corrected chi connectivity index (χ1v) is 12.9. The largest absolute Gasteiger partial charge is 0.478 e. The number of carboxylic acids is 1. The minimum Gasteiger partial charge on any atom is -0.478 e. The number of rotatable bonds is 6. The van der Waals surface area contributed by atoms with Gasteiger partial charge < -0.3 is 19.3 Å². The number of nitrogens with zero attached hydrogens (tertiary/aromatic N) is 3. The van der Waals surface area contributed by atoms with Crippen LogP contribution in [-0.2, 0) is 9.59 Å². The molecule has 2 fully saturated rings. The second-order valence-corrected chi connectivity index (χ2v) is 10.0. The summed E-state index contributed by atoms with van der Waals surface area (Å²) < 4.78 is 5.86. The van der Waals surface area contributed by atoms with Gasteiger partial charge in [0.15, 0.2) is 0 Å². The molecule has 0 unspecified atom stereocenters. The lowest BCUT2D eigenvalue weighted by Crippen LogP contribution is -2.51. The molecule has 0 radical (unpaired) electrons. The van der Waals surface area contributed by atoms with E-state index in [-0.39, 0.29) is 22.9 Å². The maximum absolute atomic E-state index is 12.9. The van der Waals surface area contributed by atoms with Gasteiger partial charge in [-0.1, -0.05) is 24.3 Å². The minimum absolute atomic E-state index is 0.176. The van der Waals surface area contributed by atoms with Crippen molar-refractivity contribution in [3.63, 3.8) is 0 Å². The molecule has 5 rings (SSSR count). The van der Waals surface area contributed by atoms with Crippen LogP contribution in [-0.4, -0.2) is 70.7 Å². The Kier molecular flexibility index (Phi) is 7.06. The first-order chi connectivity index (χ1) is 18.3. The Morgan fingerprint density at radius 3 is 2.42 bits per heavy atom. The fraction of sp³-hybridized carbons (Fsp3) is 0.214. The quantitative estimate of drug-likeness (QED) is 0.468. The lowest BCUT2D eigenvalue weighted by Gasteiger charge is -2.36. The summed E-state index contributed by atoms with van der Waals surface area (Å²) in [5.41, 5.74) is 2.73. The third-order valence-corrected chi connectivity index (χ3v) is 7.47. The van der Waals surface area contributed by atoms with Crippen molar-refractivity contribution < 1.29 is 28.7 Å². The molecule has 0 aliphatic carbocycles.